The Morgan fingerprint density at radius 3 is 1.20 bits per heavy atom. The molecular formula is C41H32F6N2O6. The van der Waals surface area contributed by atoms with E-state index >= 15 is 0 Å². The van der Waals surface area contributed by atoms with Crippen molar-refractivity contribution in [2.45, 2.75) is 37.5 Å². The number of likely N-dealkylation sites (tertiary alicyclic amines) is 1. The number of rotatable bonds is 7. The second-order valence-corrected chi connectivity index (χ2v) is 14.6. The number of nitrogens with zero attached hydrogens (tertiary/aromatic N) is 2. The van der Waals surface area contributed by atoms with Gasteiger partial charge in [-0.3, -0.25) is 29.0 Å². The summed E-state index contributed by atoms with van der Waals surface area (Å²) < 4.78 is 100. The standard InChI is InChI=1S/C41H32F6N2O6/c1-21-3-11-25(12-4-21)54-26-13-5-22(6-14-26)39(40(42,43)44,41(45,46)47)23-7-15-27(16-8-23)55-28-17-9-24(10-18-28)49-37(52)33-29-19-20-30(34(33)38(49)53)32-31(29)35(50)48(2)36(32)51/h3-18,29-34H,19-20H2,1-2H3. The molecule has 4 aromatic rings. The van der Waals surface area contributed by atoms with E-state index in [0.717, 1.165) is 51.8 Å². The molecule has 3 aliphatic carbocycles. The first-order valence-corrected chi connectivity index (χ1v) is 17.6. The molecule has 9 rings (SSSR count). The molecule has 4 aromatic carbocycles. The van der Waals surface area contributed by atoms with Gasteiger partial charge < -0.3 is 9.47 Å². The van der Waals surface area contributed by atoms with E-state index in [9.17, 15) is 45.5 Å². The van der Waals surface area contributed by atoms with Gasteiger partial charge in [-0.05, 0) is 103 Å². The lowest BCUT2D eigenvalue weighted by Gasteiger charge is -2.48. The van der Waals surface area contributed by atoms with E-state index in [-0.39, 0.29) is 34.8 Å². The van der Waals surface area contributed by atoms with Crippen molar-refractivity contribution in [3.63, 3.8) is 0 Å². The van der Waals surface area contributed by atoms with E-state index in [2.05, 4.69) is 0 Å². The number of anilines is 1. The van der Waals surface area contributed by atoms with E-state index in [4.69, 9.17) is 9.47 Å². The topological polar surface area (TPSA) is 93.2 Å². The summed E-state index contributed by atoms with van der Waals surface area (Å²) in [6.07, 6.45) is -10.5. The SMILES string of the molecule is Cc1ccc(Oc2ccc(C(c3ccc(Oc4ccc(N5C(=O)C6C7CCC(C8C(=O)N(C)C(=O)C78)C6C5=O)cc4)cc3)(C(F)(F)F)C(F)(F)F)cc2)cc1. The molecule has 14 heteroatoms. The number of imide groups is 2. The third-order valence-corrected chi connectivity index (χ3v) is 11.7. The fraction of sp³-hybridized carbons (Fsp3) is 0.317. The molecule has 284 valence electrons. The van der Waals surface area contributed by atoms with Crippen molar-refractivity contribution in [2.75, 3.05) is 11.9 Å². The number of carbonyl (C=O) groups excluding carboxylic acids is 4. The van der Waals surface area contributed by atoms with Crippen LogP contribution in [0.5, 0.6) is 23.0 Å². The van der Waals surface area contributed by atoms with Crippen LogP contribution in [0, 0.1) is 42.4 Å². The zero-order valence-electron chi connectivity index (χ0n) is 29.2. The fourth-order valence-electron chi connectivity index (χ4n) is 9.25. The Bertz CT molecular complexity index is 2120. The molecule has 2 saturated heterocycles. The number of halogens is 6. The highest BCUT2D eigenvalue weighted by atomic mass is 19.4. The molecule has 0 N–H and O–H groups in total. The van der Waals surface area contributed by atoms with Gasteiger partial charge in [0.05, 0.1) is 29.4 Å². The zero-order valence-corrected chi connectivity index (χ0v) is 29.2. The van der Waals surface area contributed by atoms with Gasteiger partial charge in [-0.25, -0.2) is 0 Å². The predicted octanol–water partition coefficient (Wildman–Crippen LogP) is 8.37. The molecular weight excluding hydrogens is 730 g/mol. The molecule has 3 saturated carbocycles. The van der Waals surface area contributed by atoms with Gasteiger partial charge in [0.1, 0.15) is 23.0 Å². The number of aryl methyl sites for hydroxylation is 1. The van der Waals surface area contributed by atoms with Gasteiger partial charge in [0.25, 0.3) is 0 Å². The summed E-state index contributed by atoms with van der Waals surface area (Å²) in [5, 5.41) is 0. The minimum atomic E-state index is -5.80. The van der Waals surface area contributed by atoms with Crippen molar-refractivity contribution in [3.05, 3.63) is 114 Å². The first kappa shape index (κ1) is 36.3. The van der Waals surface area contributed by atoms with Gasteiger partial charge in [0.15, 0.2) is 0 Å². The summed E-state index contributed by atoms with van der Waals surface area (Å²) in [7, 11) is 1.42. The normalized spacial score (nSPS) is 25.0. The van der Waals surface area contributed by atoms with Gasteiger partial charge in [-0.1, -0.05) is 42.0 Å². The van der Waals surface area contributed by atoms with Crippen molar-refractivity contribution < 1.29 is 55.0 Å². The Morgan fingerprint density at radius 1 is 0.509 bits per heavy atom. The van der Waals surface area contributed by atoms with E-state index in [0.29, 0.717) is 30.7 Å². The number of amides is 4. The largest absolute Gasteiger partial charge is 0.457 e. The average Bonchev–Trinajstić information content (AvgIpc) is 3.56. The van der Waals surface area contributed by atoms with Crippen molar-refractivity contribution in [2.24, 2.45) is 35.5 Å². The van der Waals surface area contributed by atoms with E-state index in [1.54, 1.807) is 24.3 Å². The Balaban J connectivity index is 1.02. The molecule has 0 radical (unpaired) electrons. The van der Waals surface area contributed by atoms with Gasteiger partial charge in [0, 0.05) is 7.05 Å². The molecule has 6 atom stereocenters. The van der Waals surface area contributed by atoms with Gasteiger partial charge >= 0.3 is 12.4 Å². The number of hydrogen-bond acceptors (Lipinski definition) is 6. The second kappa shape index (κ2) is 12.7. The van der Waals surface area contributed by atoms with Gasteiger partial charge in [0.2, 0.25) is 29.0 Å². The average molecular weight is 763 g/mol. The molecule has 5 aliphatic rings. The van der Waals surface area contributed by atoms with Crippen LogP contribution in [0.3, 0.4) is 0 Å². The third-order valence-electron chi connectivity index (χ3n) is 11.7. The van der Waals surface area contributed by atoms with Crippen LogP contribution in [-0.2, 0) is 24.6 Å². The van der Waals surface area contributed by atoms with E-state index in [1.807, 2.05) is 6.92 Å². The number of benzene rings is 4. The highest BCUT2D eigenvalue weighted by Gasteiger charge is 2.73. The number of alkyl halides is 6. The van der Waals surface area contributed by atoms with Crippen LogP contribution in [0.15, 0.2) is 97.1 Å². The molecule has 5 fully saturated rings. The lowest BCUT2D eigenvalue weighted by atomic mass is 9.51. The maximum atomic E-state index is 14.8. The van der Waals surface area contributed by atoms with Crippen LogP contribution < -0.4 is 14.4 Å². The minimum Gasteiger partial charge on any atom is -0.457 e. The number of hydrogen-bond donors (Lipinski definition) is 0. The fourth-order valence-corrected chi connectivity index (χ4v) is 9.25. The number of ether oxygens (including phenoxy) is 2. The smallest absolute Gasteiger partial charge is 0.411 e. The Labute approximate surface area is 310 Å². The minimum absolute atomic E-state index is 0.0489. The maximum absolute atomic E-state index is 14.8. The Kier molecular flexibility index (Phi) is 8.39. The summed E-state index contributed by atoms with van der Waals surface area (Å²) in [4.78, 5) is 55.5. The van der Waals surface area contributed by atoms with Crippen LogP contribution in [0.25, 0.3) is 0 Å². The summed E-state index contributed by atoms with van der Waals surface area (Å²) in [5.41, 5.74) is -5.36. The lowest BCUT2D eigenvalue weighted by Crippen LogP contribution is -2.54. The first-order valence-electron chi connectivity index (χ1n) is 17.6. The highest BCUT2D eigenvalue weighted by Crippen LogP contribution is 2.61. The summed E-state index contributed by atoms with van der Waals surface area (Å²) in [6.45, 7) is 1.85. The van der Waals surface area contributed by atoms with Crippen LogP contribution >= 0.6 is 0 Å². The molecule has 2 heterocycles. The molecule has 2 aliphatic heterocycles. The van der Waals surface area contributed by atoms with Crippen molar-refractivity contribution in [3.8, 4) is 23.0 Å². The lowest BCUT2D eigenvalue weighted by molar-refractivity contribution is -0.288. The summed E-state index contributed by atoms with van der Waals surface area (Å²) >= 11 is 0. The zero-order chi connectivity index (χ0) is 39.2. The van der Waals surface area contributed by atoms with Crippen LogP contribution in [0.2, 0.25) is 0 Å². The quantitative estimate of drug-likeness (QED) is 0.139. The Hall–Kier alpha value is -5.66. The van der Waals surface area contributed by atoms with Crippen LogP contribution in [0.1, 0.15) is 29.5 Å². The summed E-state index contributed by atoms with van der Waals surface area (Å²) in [5.74, 6) is -4.65. The molecule has 2 bridgehead atoms. The van der Waals surface area contributed by atoms with Gasteiger partial charge in [-0.2, -0.15) is 26.3 Å². The monoisotopic (exact) mass is 762 g/mol. The maximum Gasteiger partial charge on any atom is 0.411 e. The molecule has 55 heavy (non-hydrogen) atoms. The van der Waals surface area contributed by atoms with Crippen LogP contribution in [0.4, 0.5) is 32.0 Å². The summed E-state index contributed by atoms with van der Waals surface area (Å²) in [6, 6.07) is 19.4. The molecule has 8 nitrogen and oxygen atoms in total. The highest BCUT2D eigenvalue weighted by molar-refractivity contribution is 6.23. The molecule has 6 unspecified atom stereocenters. The Morgan fingerprint density at radius 2 is 0.836 bits per heavy atom. The third kappa shape index (κ3) is 5.50. The van der Waals surface area contributed by atoms with Crippen LogP contribution in [-0.4, -0.2) is 47.9 Å². The molecule has 4 amide bonds. The van der Waals surface area contributed by atoms with E-state index in [1.165, 1.54) is 31.3 Å². The number of carbonyl (C=O) groups is 4. The first-order chi connectivity index (χ1) is 26.0. The number of fused-ring (bicyclic) bond motifs is 1. The molecule has 0 spiro atoms. The second-order valence-electron chi connectivity index (χ2n) is 14.6. The van der Waals surface area contributed by atoms with E-state index < -0.39 is 76.2 Å². The predicted molar refractivity (Wildman–Crippen MR) is 184 cm³/mol. The van der Waals surface area contributed by atoms with Crippen molar-refractivity contribution >= 4 is 29.3 Å². The van der Waals surface area contributed by atoms with Gasteiger partial charge in [-0.15, -0.1) is 0 Å². The van der Waals surface area contributed by atoms with Crippen molar-refractivity contribution in [1.82, 2.24) is 4.90 Å². The van der Waals surface area contributed by atoms with Crippen molar-refractivity contribution in [1.29, 1.82) is 0 Å². The molecule has 0 aromatic heterocycles.